The fourth-order valence-electron chi connectivity index (χ4n) is 3.47. The van der Waals surface area contributed by atoms with Gasteiger partial charge in [0.2, 0.25) is 5.91 Å². The molecule has 0 radical (unpaired) electrons. The molecule has 2 aromatic heterocycles. The topological polar surface area (TPSA) is 109 Å². The first-order valence-electron chi connectivity index (χ1n) is 9.94. The van der Waals surface area contributed by atoms with Crippen molar-refractivity contribution in [2.75, 3.05) is 13.1 Å². The lowest BCUT2D eigenvalue weighted by Crippen LogP contribution is -2.40. The van der Waals surface area contributed by atoms with Crippen molar-refractivity contribution < 1.29 is 13.9 Å². The number of hydrogen-bond donors (Lipinski definition) is 3. The van der Waals surface area contributed by atoms with Crippen molar-refractivity contribution in [3.05, 3.63) is 63.2 Å². The minimum absolute atomic E-state index is 0.0485. The van der Waals surface area contributed by atoms with Gasteiger partial charge in [-0.2, -0.15) is 0 Å². The van der Waals surface area contributed by atoms with Crippen molar-refractivity contribution in [2.45, 2.75) is 26.0 Å². The van der Waals surface area contributed by atoms with Crippen LogP contribution in [0.4, 0.5) is 4.39 Å². The van der Waals surface area contributed by atoms with Gasteiger partial charge in [-0.15, -0.1) is 0 Å². The highest BCUT2D eigenvalue weighted by Gasteiger charge is 2.21. The van der Waals surface area contributed by atoms with E-state index in [9.17, 15) is 14.0 Å². The van der Waals surface area contributed by atoms with Crippen LogP contribution in [0.1, 0.15) is 24.4 Å². The predicted molar refractivity (Wildman–Crippen MR) is 113 cm³/mol. The second-order valence-electron chi connectivity index (χ2n) is 7.29. The number of fused-ring (bicyclic) bond motifs is 1. The summed E-state index contributed by atoms with van der Waals surface area (Å²) in [6.07, 6.45) is 3.32. The third-order valence-corrected chi connectivity index (χ3v) is 5.40. The van der Waals surface area contributed by atoms with E-state index in [2.05, 4.69) is 25.6 Å². The number of halogens is 2. The summed E-state index contributed by atoms with van der Waals surface area (Å²) in [6.45, 7) is 1.69. The number of benzene rings is 1. The van der Waals surface area contributed by atoms with E-state index in [0.29, 0.717) is 28.9 Å². The fourth-order valence-corrected chi connectivity index (χ4v) is 3.64. The molecule has 1 aliphatic heterocycles. The number of aromatic nitrogens is 3. The van der Waals surface area contributed by atoms with Crippen LogP contribution in [0.3, 0.4) is 0 Å². The number of piperidine rings is 1. The molecule has 4 rings (SSSR count). The highest BCUT2D eigenvalue weighted by molar-refractivity contribution is 6.30. The van der Waals surface area contributed by atoms with E-state index in [-0.39, 0.29) is 41.4 Å². The molecule has 3 N–H and O–H groups in total. The van der Waals surface area contributed by atoms with Crippen molar-refractivity contribution in [3.63, 3.8) is 0 Å². The van der Waals surface area contributed by atoms with Gasteiger partial charge in [-0.05, 0) is 37.6 Å². The van der Waals surface area contributed by atoms with Crippen LogP contribution in [0, 0.1) is 11.7 Å². The van der Waals surface area contributed by atoms with Gasteiger partial charge in [0.05, 0.1) is 28.6 Å². The van der Waals surface area contributed by atoms with Crippen LogP contribution in [-0.2, 0) is 17.9 Å². The number of carbonyl (C=O) groups is 1. The summed E-state index contributed by atoms with van der Waals surface area (Å²) in [5, 5.41) is 6.41. The zero-order valence-corrected chi connectivity index (χ0v) is 17.3. The normalized spacial score (nSPS) is 16.3. The molecule has 10 heteroatoms. The molecule has 1 amide bonds. The van der Waals surface area contributed by atoms with E-state index >= 15 is 0 Å². The molecule has 1 unspecified atom stereocenters. The Morgan fingerprint density at radius 3 is 3.00 bits per heavy atom. The first-order valence-corrected chi connectivity index (χ1v) is 10.3. The minimum atomic E-state index is -0.548. The number of nitrogens with zero attached hydrogens (tertiary/aromatic N) is 2. The summed E-state index contributed by atoms with van der Waals surface area (Å²) in [6, 6.07) is 5.55. The third kappa shape index (κ3) is 5.00. The maximum absolute atomic E-state index is 13.3. The average molecular weight is 446 g/mol. The molecule has 8 nitrogen and oxygen atoms in total. The van der Waals surface area contributed by atoms with E-state index < -0.39 is 5.82 Å². The lowest BCUT2D eigenvalue weighted by molar-refractivity contribution is -0.125. The van der Waals surface area contributed by atoms with Crippen LogP contribution >= 0.6 is 11.6 Å². The summed E-state index contributed by atoms with van der Waals surface area (Å²) in [5.41, 5.74) is 0.544. The number of aromatic amines is 1. The maximum atomic E-state index is 13.3. The maximum Gasteiger partial charge on any atom is 0.258 e. The molecule has 0 aliphatic carbocycles. The van der Waals surface area contributed by atoms with Crippen LogP contribution in [0.15, 0.2) is 35.3 Å². The van der Waals surface area contributed by atoms with Crippen molar-refractivity contribution in [3.8, 4) is 5.75 Å². The smallest absolute Gasteiger partial charge is 0.258 e. The zero-order valence-electron chi connectivity index (χ0n) is 16.6. The number of carbonyl (C=O) groups excluding carboxylic acids is 1. The van der Waals surface area contributed by atoms with Crippen molar-refractivity contribution in [2.24, 2.45) is 5.92 Å². The standard InChI is InChI=1S/C21H21ClFN5O3/c22-15-8-13(3-4-16(15)23)31-11-18-27-19-14(21(30)28-18)5-7-25-17(19)10-26-20(29)12-2-1-6-24-9-12/h3-5,7-8,12,24H,1-2,6,9-11H2,(H,26,29)(H,27,28,30). The summed E-state index contributed by atoms with van der Waals surface area (Å²) >= 11 is 5.76. The second kappa shape index (κ2) is 9.40. The van der Waals surface area contributed by atoms with Crippen LogP contribution in [0.25, 0.3) is 10.9 Å². The Hall–Kier alpha value is -3.04. The SMILES string of the molecule is O=C(NCc1nccc2c(=O)[nH]c(COc3ccc(F)c(Cl)c3)nc12)C1CCCNC1. The first-order chi connectivity index (χ1) is 15.0. The summed E-state index contributed by atoms with van der Waals surface area (Å²) < 4.78 is 18.9. The molecule has 1 saturated heterocycles. The molecule has 1 atom stereocenters. The molecule has 1 fully saturated rings. The van der Waals surface area contributed by atoms with Crippen molar-refractivity contribution in [1.29, 1.82) is 0 Å². The molecule has 1 aromatic carbocycles. The Bertz CT molecular complexity index is 1160. The third-order valence-electron chi connectivity index (χ3n) is 5.11. The predicted octanol–water partition coefficient (Wildman–Crippen LogP) is 2.31. The van der Waals surface area contributed by atoms with Crippen LogP contribution < -0.4 is 20.9 Å². The van der Waals surface area contributed by atoms with Crippen LogP contribution in [-0.4, -0.2) is 33.9 Å². The Kier molecular flexibility index (Phi) is 6.43. The molecule has 31 heavy (non-hydrogen) atoms. The molecular weight excluding hydrogens is 425 g/mol. The van der Waals surface area contributed by atoms with Gasteiger partial charge in [-0.25, -0.2) is 9.37 Å². The summed E-state index contributed by atoms with van der Waals surface area (Å²) in [5.74, 6) is -0.0592. The number of hydrogen-bond acceptors (Lipinski definition) is 6. The van der Waals surface area contributed by atoms with Crippen LogP contribution in [0.5, 0.6) is 5.75 Å². The van der Waals surface area contributed by atoms with E-state index in [0.717, 1.165) is 19.4 Å². The number of nitrogens with one attached hydrogen (secondary N) is 3. The van der Waals surface area contributed by atoms with Crippen molar-refractivity contribution in [1.82, 2.24) is 25.6 Å². The van der Waals surface area contributed by atoms with E-state index in [1.54, 1.807) is 6.07 Å². The van der Waals surface area contributed by atoms with Crippen LogP contribution in [0.2, 0.25) is 5.02 Å². The van der Waals surface area contributed by atoms with Gasteiger partial charge in [0.15, 0.2) is 0 Å². The van der Waals surface area contributed by atoms with Gasteiger partial charge in [0, 0.05) is 18.8 Å². The Morgan fingerprint density at radius 2 is 2.23 bits per heavy atom. The van der Waals surface area contributed by atoms with Gasteiger partial charge >= 0.3 is 0 Å². The van der Waals surface area contributed by atoms with Gasteiger partial charge in [0.25, 0.3) is 5.56 Å². The number of ether oxygens (including phenoxy) is 1. The number of rotatable bonds is 6. The van der Waals surface area contributed by atoms with E-state index in [1.807, 2.05) is 0 Å². The molecule has 0 spiro atoms. The quantitative estimate of drug-likeness (QED) is 0.537. The molecule has 3 heterocycles. The Labute approximate surface area is 182 Å². The highest BCUT2D eigenvalue weighted by Crippen LogP contribution is 2.22. The summed E-state index contributed by atoms with van der Waals surface area (Å²) in [7, 11) is 0. The van der Waals surface area contributed by atoms with Gasteiger partial charge in [-0.1, -0.05) is 11.6 Å². The lowest BCUT2D eigenvalue weighted by Gasteiger charge is -2.21. The van der Waals surface area contributed by atoms with Gasteiger partial charge in [0.1, 0.15) is 29.5 Å². The molecule has 0 saturated carbocycles. The molecule has 3 aromatic rings. The van der Waals surface area contributed by atoms with E-state index in [1.165, 1.54) is 24.4 Å². The minimum Gasteiger partial charge on any atom is -0.486 e. The second-order valence-corrected chi connectivity index (χ2v) is 7.70. The summed E-state index contributed by atoms with van der Waals surface area (Å²) in [4.78, 5) is 36.4. The number of H-pyrrole nitrogens is 1. The average Bonchev–Trinajstić information content (AvgIpc) is 2.79. The Balaban J connectivity index is 1.51. The zero-order chi connectivity index (χ0) is 21.8. The monoisotopic (exact) mass is 445 g/mol. The van der Waals surface area contributed by atoms with Gasteiger partial charge in [-0.3, -0.25) is 14.6 Å². The molecule has 162 valence electrons. The molecule has 0 bridgehead atoms. The largest absolute Gasteiger partial charge is 0.486 e. The van der Waals surface area contributed by atoms with E-state index in [4.69, 9.17) is 16.3 Å². The van der Waals surface area contributed by atoms with Crippen molar-refractivity contribution >= 4 is 28.4 Å². The lowest BCUT2D eigenvalue weighted by atomic mass is 9.99. The fraction of sp³-hybridized carbons (Fsp3) is 0.333. The first kappa shape index (κ1) is 21.2. The highest BCUT2D eigenvalue weighted by atomic mass is 35.5. The number of pyridine rings is 1. The Morgan fingerprint density at radius 1 is 1.35 bits per heavy atom. The molecule has 1 aliphatic rings. The van der Waals surface area contributed by atoms with Gasteiger partial charge < -0.3 is 20.4 Å². The number of amides is 1. The molecular formula is C21H21ClFN5O3.